The number of aromatic nitrogens is 1. The maximum absolute atomic E-state index is 12.2. The van der Waals surface area contributed by atoms with Gasteiger partial charge in [0, 0.05) is 30.6 Å². The molecule has 2 aromatic rings. The third-order valence-electron chi connectivity index (χ3n) is 4.20. The van der Waals surface area contributed by atoms with Crippen LogP contribution in [0.4, 0.5) is 4.79 Å². The summed E-state index contributed by atoms with van der Waals surface area (Å²) in [5, 5.41) is 14.2. The highest BCUT2D eigenvalue weighted by molar-refractivity contribution is 7.12. The van der Waals surface area contributed by atoms with Crippen LogP contribution >= 0.6 is 11.3 Å². The first-order valence-electron chi connectivity index (χ1n) is 7.90. The number of carbonyl (C=O) groups is 2. The molecule has 1 aliphatic heterocycles. The van der Waals surface area contributed by atoms with Crippen molar-refractivity contribution < 1.29 is 14.7 Å². The van der Waals surface area contributed by atoms with Gasteiger partial charge in [0.05, 0.1) is 5.69 Å². The average molecular weight is 345 g/mol. The van der Waals surface area contributed by atoms with Crippen LogP contribution in [0, 0.1) is 5.92 Å². The summed E-state index contributed by atoms with van der Waals surface area (Å²) in [6.07, 6.45) is 0.688. The summed E-state index contributed by atoms with van der Waals surface area (Å²) in [5.41, 5.74) is 1.80. The second-order valence-electron chi connectivity index (χ2n) is 5.83. The molecule has 0 saturated carbocycles. The van der Waals surface area contributed by atoms with E-state index in [9.17, 15) is 9.59 Å². The number of carboxylic acid groups (broad SMARTS) is 1. The normalized spacial score (nSPS) is 15.2. The molecular formula is C17H19N3O3S. The number of nitrogens with one attached hydrogen (secondary N) is 1. The molecule has 1 saturated heterocycles. The smallest absolute Gasteiger partial charge is 0.407 e. The fourth-order valence-electron chi connectivity index (χ4n) is 2.76. The van der Waals surface area contributed by atoms with Crippen LogP contribution in [-0.2, 0) is 0 Å². The van der Waals surface area contributed by atoms with Gasteiger partial charge in [-0.15, -0.1) is 11.3 Å². The molecule has 126 valence electrons. The van der Waals surface area contributed by atoms with E-state index in [-0.39, 0.29) is 5.91 Å². The minimum Gasteiger partial charge on any atom is -0.465 e. The van der Waals surface area contributed by atoms with Crippen molar-refractivity contribution in [1.29, 1.82) is 0 Å². The zero-order valence-electron chi connectivity index (χ0n) is 13.1. The van der Waals surface area contributed by atoms with Gasteiger partial charge >= 0.3 is 6.09 Å². The fraction of sp³-hybridized carbons (Fsp3) is 0.353. The van der Waals surface area contributed by atoms with Crippen molar-refractivity contribution >= 4 is 23.3 Å². The summed E-state index contributed by atoms with van der Waals surface area (Å²) in [6, 6.07) is 9.76. The van der Waals surface area contributed by atoms with Crippen molar-refractivity contribution in [3.8, 4) is 11.3 Å². The van der Waals surface area contributed by atoms with E-state index in [4.69, 9.17) is 5.11 Å². The Morgan fingerprint density at radius 3 is 2.62 bits per heavy atom. The Balaban J connectivity index is 1.51. The zero-order chi connectivity index (χ0) is 16.9. The maximum Gasteiger partial charge on any atom is 0.407 e. The summed E-state index contributed by atoms with van der Waals surface area (Å²) >= 11 is 1.33. The second-order valence-corrected chi connectivity index (χ2v) is 6.69. The van der Waals surface area contributed by atoms with E-state index in [0.717, 1.165) is 24.1 Å². The molecular weight excluding hydrogens is 326 g/mol. The van der Waals surface area contributed by atoms with E-state index >= 15 is 0 Å². The van der Waals surface area contributed by atoms with Crippen LogP contribution in [0.15, 0.2) is 35.7 Å². The molecule has 1 aromatic heterocycles. The molecule has 24 heavy (non-hydrogen) atoms. The Labute approximate surface area is 144 Å². The second kappa shape index (κ2) is 7.44. The summed E-state index contributed by atoms with van der Waals surface area (Å²) in [5.74, 6) is 0.154. The lowest BCUT2D eigenvalue weighted by atomic mass is 9.97. The summed E-state index contributed by atoms with van der Waals surface area (Å²) < 4.78 is 0. The predicted octanol–water partition coefficient (Wildman–Crippen LogP) is 2.93. The van der Waals surface area contributed by atoms with Crippen LogP contribution in [0.25, 0.3) is 11.3 Å². The summed E-state index contributed by atoms with van der Waals surface area (Å²) in [4.78, 5) is 28.9. The van der Waals surface area contributed by atoms with Gasteiger partial charge in [-0.2, -0.15) is 0 Å². The molecule has 2 amide bonds. The predicted molar refractivity (Wildman–Crippen MR) is 92.2 cm³/mol. The van der Waals surface area contributed by atoms with Crippen molar-refractivity contribution in [1.82, 2.24) is 15.2 Å². The Kier molecular flexibility index (Phi) is 5.10. The molecule has 0 bridgehead atoms. The fourth-order valence-corrected chi connectivity index (χ4v) is 3.50. The minimum absolute atomic E-state index is 0.164. The number of rotatable bonds is 4. The number of hydrogen-bond donors (Lipinski definition) is 2. The number of thiazole rings is 1. The van der Waals surface area contributed by atoms with Crippen LogP contribution in [0.2, 0.25) is 0 Å². The SMILES string of the molecule is O=C(NCC1CCN(C(=O)O)CC1)c1nc(-c2ccccc2)cs1. The van der Waals surface area contributed by atoms with E-state index in [1.54, 1.807) is 0 Å². The van der Waals surface area contributed by atoms with Gasteiger partial charge in [0.25, 0.3) is 5.91 Å². The van der Waals surface area contributed by atoms with Gasteiger partial charge in [-0.25, -0.2) is 9.78 Å². The van der Waals surface area contributed by atoms with Crippen molar-refractivity contribution in [3.05, 3.63) is 40.7 Å². The van der Waals surface area contributed by atoms with Gasteiger partial charge < -0.3 is 15.3 Å². The molecule has 0 radical (unpaired) electrons. The van der Waals surface area contributed by atoms with Gasteiger partial charge in [-0.3, -0.25) is 4.79 Å². The number of carbonyl (C=O) groups excluding carboxylic acids is 1. The molecule has 1 aliphatic rings. The minimum atomic E-state index is -0.867. The third-order valence-corrected chi connectivity index (χ3v) is 5.05. The van der Waals surface area contributed by atoms with Gasteiger partial charge in [0.15, 0.2) is 5.01 Å². The Morgan fingerprint density at radius 1 is 1.25 bits per heavy atom. The van der Waals surface area contributed by atoms with E-state index in [1.165, 1.54) is 16.2 Å². The number of likely N-dealkylation sites (tertiary alicyclic amines) is 1. The Hall–Kier alpha value is -2.41. The maximum atomic E-state index is 12.2. The first-order chi connectivity index (χ1) is 11.6. The third kappa shape index (κ3) is 3.91. The average Bonchev–Trinajstić information content (AvgIpc) is 3.11. The number of piperidine rings is 1. The molecule has 1 fully saturated rings. The number of benzene rings is 1. The van der Waals surface area contributed by atoms with Crippen LogP contribution in [0.1, 0.15) is 22.6 Å². The van der Waals surface area contributed by atoms with E-state index in [0.29, 0.717) is 30.6 Å². The summed E-state index contributed by atoms with van der Waals surface area (Å²) in [6.45, 7) is 1.63. The van der Waals surface area contributed by atoms with Crippen molar-refractivity contribution in [2.24, 2.45) is 5.92 Å². The highest BCUT2D eigenvalue weighted by atomic mass is 32.1. The molecule has 2 N–H and O–H groups in total. The molecule has 2 heterocycles. The van der Waals surface area contributed by atoms with Crippen molar-refractivity contribution in [2.75, 3.05) is 19.6 Å². The van der Waals surface area contributed by atoms with E-state index in [1.807, 2.05) is 35.7 Å². The largest absolute Gasteiger partial charge is 0.465 e. The molecule has 0 aliphatic carbocycles. The van der Waals surface area contributed by atoms with E-state index in [2.05, 4.69) is 10.3 Å². The zero-order valence-corrected chi connectivity index (χ0v) is 14.0. The van der Waals surface area contributed by atoms with Gasteiger partial charge in [-0.1, -0.05) is 30.3 Å². The molecule has 6 nitrogen and oxygen atoms in total. The molecule has 1 aromatic carbocycles. The Morgan fingerprint density at radius 2 is 1.96 bits per heavy atom. The lowest BCUT2D eigenvalue weighted by molar-refractivity contribution is 0.0928. The van der Waals surface area contributed by atoms with Crippen molar-refractivity contribution in [3.63, 3.8) is 0 Å². The van der Waals surface area contributed by atoms with Gasteiger partial charge in [-0.05, 0) is 18.8 Å². The number of amides is 2. The molecule has 7 heteroatoms. The van der Waals surface area contributed by atoms with Crippen LogP contribution < -0.4 is 5.32 Å². The quantitative estimate of drug-likeness (QED) is 0.892. The molecule has 3 rings (SSSR count). The lowest BCUT2D eigenvalue weighted by Crippen LogP contribution is -2.40. The highest BCUT2D eigenvalue weighted by Crippen LogP contribution is 2.22. The van der Waals surface area contributed by atoms with Crippen molar-refractivity contribution in [2.45, 2.75) is 12.8 Å². The topological polar surface area (TPSA) is 82.5 Å². The molecule has 0 atom stereocenters. The van der Waals surface area contributed by atoms with Crippen LogP contribution in [0.5, 0.6) is 0 Å². The first-order valence-corrected chi connectivity index (χ1v) is 8.78. The molecule has 0 spiro atoms. The van der Waals surface area contributed by atoms with Crippen LogP contribution in [0.3, 0.4) is 0 Å². The van der Waals surface area contributed by atoms with E-state index < -0.39 is 6.09 Å². The number of nitrogens with zero attached hydrogens (tertiary/aromatic N) is 2. The van der Waals surface area contributed by atoms with Gasteiger partial charge in [0.2, 0.25) is 0 Å². The monoisotopic (exact) mass is 345 g/mol. The first kappa shape index (κ1) is 16.4. The standard InChI is InChI=1S/C17H19N3O3S/c21-15(18-10-12-6-8-20(9-7-12)17(22)23)16-19-14(11-24-16)13-4-2-1-3-5-13/h1-5,11-12H,6-10H2,(H,18,21)(H,22,23). The number of hydrogen-bond acceptors (Lipinski definition) is 4. The Bertz CT molecular complexity index is 709. The molecule has 0 unspecified atom stereocenters. The summed E-state index contributed by atoms with van der Waals surface area (Å²) in [7, 11) is 0. The van der Waals surface area contributed by atoms with Gasteiger partial charge in [0.1, 0.15) is 0 Å². The van der Waals surface area contributed by atoms with Crippen LogP contribution in [-0.4, -0.2) is 46.6 Å². The highest BCUT2D eigenvalue weighted by Gasteiger charge is 2.23. The lowest BCUT2D eigenvalue weighted by Gasteiger charge is -2.29.